The fraction of sp³-hybridized carbons (Fsp3) is 0.158. The SMILES string of the molecule is COc1cc([N+](=O)[O-])ccc1NC(=O)c1ccn(COc2cccc(C(F)(F)F)c2)n1. The molecule has 1 N–H and O–H groups in total. The maximum atomic E-state index is 12.8. The summed E-state index contributed by atoms with van der Waals surface area (Å²) in [6, 6.07) is 9.45. The molecule has 3 aromatic rings. The van der Waals surface area contributed by atoms with Crippen LogP contribution in [0.15, 0.2) is 54.7 Å². The number of hydrogen-bond donors (Lipinski definition) is 1. The lowest BCUT2D eigenvalue weighted by Crippen LogP contribution is -2.15. The van der Waals surface area contributed by atoms with Crippen LogP contribution in [-0.4, -0.2) is 27.7 Å². The number of carbonyl (C=O) groups is 1. The molecule has 0 aliphatic carbocycles. The zero-order chi connectivity index (χ0) is 22.6. The minimum atomic E-state index is -4.49. The molecule has 0 unspecified atom stereocenters. The first-order valence-corrected chi connectivity index (χ1v) is 8.64. The first kappa shape index (κ1) is 21.6. The van der Waals surface area contributed by atoms with Crippen LogP contribution in [0.25, 0.3) is 0 Å². The lowest BCUT2D eigenvalue weighted by atomic mass is 10.2. The maximum Gasteiger partial charge on any atom is 0.416 e. The van der Waals surface area contributed by atoms with Gasteiger partial charge in [0.2, 0.25) is 0 Å². The molecule has 0 fully saturated rings. The molecule has 0 aliphatic rings. The number of anilines is 1. The smallest absolute Gasteiger partial charge is 0.416 e. The molecule has 1 heterocycles. The predicted octanol–water partition coefficient (Wildman–Crippen LogP) is 4.11. The van der Waals surface area contributed by atoms with Crippen LogP contribution in [0.2, 0.25) is 0 Å². The van der Waals surface area contributed by atoms with E-state index in [1.54, 1.807) is 0 Å². The van der Waals surface area contributed by atoms with Crippen molar-refractivity contribution in [3.8, 4) is 11.5 Å². The monoisotopic (exact) mass is 436 g/mol. The van der Waals surface area contributed by atoms with Crippen molar-refractivity contribution in [2.75, 3.05) is 12.4 Å². The Hall–Kier alpha value is -4.09. The van der Waals surface area contributed by atoms with E-state index in [2.05, 4.69) is 10.4 Å². The van der Waals surface area contributed by atoms with Crippen molar-refractivity contribution in [1.29, 1.82) is 0 Å². The largest absolute Gasteiger partial charge is 0.494 e. The number of nitro groups is 1. The number of amides is 1. The van der Waals surface area contributed by atoms with E-state index in [1.807, 2.05) is 0 Å². The Bertz CT molecular complexity index is 1110. The Labute approximate surface area is 173 Å². The lowest BCUT2D eigenvalue weighted by Gasteiger charge is -2.10. The van der Waals surface area contributed by atoms with Crippen LogP contribution in [0.1, 0.15) is 16.1 Å². The molecule has 162 valence electrons. The second-order valence-electron chi connectivity index (χ2n) is 6.14. The first-order valence-electron chi connectivity index (χ1n) is 8.64. The van der Waals surface area contributed by atoms with E-state index >= 15 is 0 Å². The zero-order valence-electron chi connectivity index (χ0n) is 15.9. The zero-order valence-corrected chi connectivity index (χ0v) is 15.9. The normalized spacial score (nSPS) is 11.1. The molecule has 0 atom stereocenters. The molecule has 31 heavy (non-hydrogen) atoms. The van der Waals surface area contributed by atoms with Gasteiger partial charge in [0, 0.05) is 12.3 Å². The summed E-state index contributed by atoms with van der Waals surface area (Å²) in [5.74, 6) is -0.535. The van der Waals surface area contributed by atoms with Crippen LogP contribution in [0.4, 0.5) is 24.5 Å². The molecule has 9 nitrogen and oxygen atoms in total. The highest BCUT2D eigenvalue weighted by atomic mass is 19.4. The van der Waals surface area contributed by atoms with E-state index in [-0.39, 0.29) is 35.3 Å². The molecule has 0 bridgehead atoms. The Kier molecular flexibility index (Phi) is 6.09. The number of rotatable bonds is 7. The molecule has 0 aliphatic heterocycles. The van der Waals surface area contributed by atoms with Crippen molar-refractivity contribution in [1.82, 2.24) is 9.78 Å². The van der Waals surface area contributed by atoms with E-state index in [4.69, 9.17) is 9.47 Å². The number of nitro benzene ring substituents is 1. The van der Waals surface area contributed by atoms with Crippen molar-refractivity contribution in [3.63, 3.8) is 0 Å². The third kappa shape index (κ3) is 5.29. The highest BCUT2D eigenvalue weighted by molar-refractivity contribution is 6.03. The van der Waals surface area contributed by atoms with Crippen LogP contribution in [0.5, 0.6) is 11.5 Å². The third-order valence-electron chi connectivity index (χ3n) is 4.04. The van der Waals surface area contributed by atoms with Crippen LogP contribution in [0, 0.1) is 10.1 Å². The molecular formula is C19H15F3N4O5. The maximum absolute atomic E-state index is 12.8. The van der Waals surface area contributed by atoms with Crippen molar-refractivity contribution < 1.29 is 32.4 Å². The van der Waals surface area contributed by atoms with Gasteiger partial charge in [0.1, 0.15) is 11.5 Å². The van der Waals surface area contributed by atoms with Crippen LogP contribution < -0.4 is 14.8 Å². The topological polar surface area (TPSA) is 109 Å². The van der Waals surface area contributed by atoms with E-state index in [1.165, 1.54) is 48.3 Å². The molecule has 0 radical (unpaired) electrons. The number of benzene rings is 2. The van der Waals surface area contributed by atoms with Crippen molar-refractivity contribution in [2.45, 2.75) is 12.9 Å². The Balaban J connectivity index is 1.66. The van der Waals surface area contributed by atoms with Crippen molar-refractivity contribution >= 4 is 17.3 Å². The average Bonchev–Trinajstić information content (AvgIpc) is 3.21. The number of ether oxygens (including phenoxy) is 2. The number of halogens is 3. The number of methoxy groups -OCH3 is 1. The molecule has 1 amide bonds. The lowest BCUT2D eigenvalue weighted by molar-refractivity contribution is -0.384. The summed E-state index contributed by atoms with van der Waals surface area (Å²) in [7, 11) is 1.30. The van der Waals surface area contributed by atoms with Gasteiger partial charge >= 0.3 is 6.18 Å². The fourth-order valence-electron chi connectivity index (χ4n) is 2.54. The van der Waals surface area contributed by atoms with Crippen molar-refractivity contribution in [3.05, 3.63) is 76.1 Å². The second kappa shape index (κ2) is 8.73. The molecule has 2 aromatic carbocycles. The summed E-state index contributed by atoms with van der Waals surface area (Å²) in [4.78, 5) is 22.6. The minimum Gasteiger partial charge on any atom is -0.494 e. The number of aromatic nitrogens is 2. The van der Waals surface area contributed by atoms with E-state index in [0.29, 0.717) is 0 Å². The summed E-state index contributed by atoms with van der Waals surface area (Å²) in [5.41, 5.74) is -0.852. The van der Waals surface area contributed by atoms with Gasteiger partial charge in [0.25, 0.3) is 11.6 Å². The van der Waals surface area contributed by atoms with E-state index < -0.39 is 22.6 Å². The van der Waals surface area contributed by atoms with Gasteiger partial charge in [-0.1, -0.05) is 6.07 Å². The molecule has 0 saturated heterocycles. The van der Waals surface area contributed by atoms with Crippen molar-refractivity contribution in [2.24, 2.45) is 0 Å². The summed E-state index contributed by atoms with van der Waals surface area (Å²) < 4.78 is 49.8. The fourth-order valence-corrected chi connectivity index (χ4v) is 2.54. The first-order chi connectivity index (χ1) is 14.7. The van der Waals surface area contributed by atoms with Crippen LogP contribution >= 0.6 is 0 Å². The minimum absolute atomic E-state index is 0.00644. The van der Waals surface area contributed by atoms with Crippen LogP contribution in [-0.2, 0) is 12.9 Å². The van der Waals surface area contributed by atoms with Crippen LogP contribution in [0.3, 0.4) is 0 Å². The summed E-state index contributed by atoms with van der Waals surface area (Å²) in [5, 5.41) is 17.4. The highest BCUT2D eigenvalue weighted by Crippen LogP contribution is 2.31. The second-order valence-corrected chi connectivity index (χ2v) is 6.14. The molecular weight excluding hydrogens is 421 g/mol. The number of carbonyl (C=O) groups excluding carboxylic acids is 1. The van der Waals surface area contributed by atoms with Gasteiger partial charge in [-0.2, -0.15) is 18.3 Å². The highest BCUT2D eigenvalue weighted by Gasteiger charge is 2.30. The van der Waals surface area contributed by atoms with Gasteiger partial charge in [-0.25, -0.2) is 4.68 Å². The number of hydrogen-bond acceptors (Lipinski definition) is 6. The standard InChI is InChI=1S/C19H15F3N4O5/c1-30-17-10-13(26(28)29)5-6-15(17)23-18(27)16-7-8-25(24-16)11-31-14-4-2-3-12(9-14)19(20,21)22/h2-10H,11H2,1H3,(H,23,27). The van der Waals surface area contributed by atoms with E-state index in [0.717, 1.165) is 18.2 Å². The summed E-state index contributed by atoms with van der Waals surface area (Å²) in [6.45, 7) is -0.227. The van der Waals surface area contributed by atoms with Gasteiger partial charge in [0.15, 0.2) is 12.4 Å². The number of nitrogens with zero attached hydrogens (tertiary/aromatic N) is 3. The molecule has 12 heteroatoms. The summed E-state index contributed by atoms with van der Waals surface area (Å²) in [6.07, 6.45) is -3.08. The molecule has 1 aromatic heterocycles. The Morgan fingerprint density at radius 3 is 2.68 bits per heavy atom. The predicted molar refractivity (Wildman–Crippen MR) is 102 cm³/mol. The van der Waals surface area contributed by atoms with Gasteiger partial charge < -0.3 is 14.8 Å². The summed E-state index contributed by atoms with van der Waals surface area (Å²) >= 11 is 0. The molecule has 0 saturated carbocycles. The number of nitrogens with one attached hydrogen (secondary N) is 1. The molecule has 0 spiro atoms. The quantitative estimate of drug-likeness (QED) is 0.441. The Morgan fingerprint density at radius 1 is 1.23 bits per heavy atom. The van der Waals surface area contributed by atoms with Gasteiger partial charge in [-0.15, -0.1) is 0 Å². The van der Waals surface area contributed by atoms with Gasteiger partial charge in [0.05, 0.1) is 29.4 Å². The third-order valence-corrected chi connectivity index (χ3v) is 4.04. The van der Waals surface area contributed by atoms with E-state index in [9.17, 15) is 28.1 Å². The number of alkyl halides is 3. The van der Waals surface area contributed by atoms with Gasteiger partial charge in [-0.05, 0) is 30.3 Å². The average molecular weight is 436 g/mol. The number of non-ortho nitro benzene ring substituents is 1. The molecule has 3 rings (SSSR count). The Morgan fingerprint density at radius 2 is 2.00 bits per heavy atom. The van der Waals surface area contributed by atoms with Gasteiger partial charge in [-0.3, -0.25) is 14.9 Å².